The van der Waals surface area contributed by atoms with Gasteiger partial charge in [0.15, 0.2) is 11.5 Å². The summed E-state index contributed by atoms with van der Waals surface area (Å²) in [5, 5.41) is 7.90. The van der Waals surface area contributed by atoms with Crippen LogP contribution in [-0.2, 0) is 21.2 Å². The second-order valence-corrected chi connectivity index (χ2v) is 12.2. The lowest BCUT2D eigenvalue weighted by Crippen LogP contribution is -2.31. The summed E-state index contributed by atoms with van der Waals surface area (Å²) in [5.41, 5.74) is 0.420. The van der Waals surface area contributed by atoms with Crippen LogP contribution in [0.5, 0.6) is 11.5 Å². The summed E-state index contributed by atoms with van der Waals surface area (Å²) in [5.74, 6) is 1.08. The molecule has 2 atom stereocenters. The molecule has 15 heteroatoms. The number of hydrogen-bond acceptors (Lipinski definition) is 9. The van der Waals surface area contributed by atoms with Gasteiger partial charge in [-0.3, -0.25) is 9.29 Å². The van der Waals surface area contributed by atoms with Gasteiger partial charge in [-0.2, -0.15) is 0 Å². The van der Waals surface area contributed by atoms with E-state index in [4.69, 9.17) is 25.8 Å². The number of ether oxygens (including phenoxy) is 3. The highest BCUT2D eigenvalue weighted by atomic mass is 79.9. The van der Waals surface area contributed by atoms with Gasteiger partial charge in [0.2, 0.25) is 16.0 Å². The second-order valence-electron chi connectivity index (χ2n) is 8.03. The normalized spacial score (nSPS) is 12.8. The van der Waals surface area contributed by atoms with E-state index < -0.39 is 21.2 Å². The van der Waals surface area contributed by atoms with E-state index in [1.165, 1.54) is 26.6 Å². The maximum Gasteiger partial charge on any atom is 0.243 e. The van der Waals surface area contributed by atoms with Gasteiger partial charge in [0.1, 0.15) is 17.3 Å². The standard InChI is InChI=1S/C22H27Br2ClN6O5S.C2H6/c1-12(21-26-10-14(25)11-27-21)13(2)37(32,33)30-22-29-28-17(7-6-8-34-3)31(22)18-19(35-4)15(23)9-16(24)20(18)36-5;1-2/h9-13H,6-8H2,1-5H3,(H,29,30);1-2H3. The van der Waals surface area contributed by atoms with E-state index in [0.29, 0.717) is 62.3 Å². The van der Waals surface area contributed by atoms with Crippen LogP contribution in [0.2, 0.25) is 5.02 Å². The van der Waals surface area contributed by atoms with Gasteiger partial charge in [-0.15, -0.1) is 10.2 Å². The molecule has 0 fully saturated rings. The minimum absolute atomic E-state index is 0.0231. The average Bonchev–Trinajstić information content (AvgIpc) is 3.30. The van der Waals surface area contributed by atoms with Crippen molar-refractivity contribution in [2.24, 2.45) is 0 Å². The molecular weight excluding hydrogens is 680 g/mol. The molecule has 0 amide bonds. The van der Waals surface area contributed by atoms with E-state index in [2.05, 4.69) is 56.7 Å². The van der Waals surface area contributed by atoms with Crippen LogP contribution >= 0.6 is 43.5 Å². The molecule has 1 N–H and O–H groups in total. The molecule has 0 saturated heterocycles. The Kier molecular flexibility index (Phi) is 12.9. The second kappa shape index (κ2) is 15.1. The van der Waals surface area contributed by atoms with Gasteiger partial charge in [-0.05, 0) is 51.3 Å². The number of halogens is 3. The third kappa shape index (κ3) is 7.81. The molecule has 0 aliphatic carbocycles. The number of rotatable bonds is 12. The molecule has 3 rings (SSSR count). The Morgan fingerprint density at radius 3 is 2.10 bits per heavy atom. The van der Waals surface area contributed by atoms with Crippen LogP contribution in [0.4, 0.5) is 5.95 Å². The zero-order valence-corrected chi connectivity index (χ0v) is 27.6. The van der Waals surface area contributed by atoms with Crippen LogP contribution in [0.15, 0.2) is 27.4 Å². The van der Waals surface area contributed by atoms with E-state index in [1.807, 2.05) is 13.8 Å². The predicted molar refractivity (Wildman–Crippen MR) is 159 cm³/mol. The SMILES string of the molecule is CC.COCCCc1nnc(NS(=O)(=O)C(C)C(C)c2ncc(Cl)cn2)n1-c1c(OC)c(Br)cc(Br)c1OC. The monoisotopic (exact) mass is 710 g/mol. The molecule has 2 aromatic heterocycles. The van der Waals surface area contributed by atoms with Crippen LogP contribution in [0.1, 0.15) is 51.7 Å². The van der Waals surface area contributed by atoms with Crippen LogP contribution in [0, 0.1) is 0 Å². The van der Waals surface area contributed by atoms with Crippen molar-refractivity contribution in [3.05, 3.63) is 44.1 Å². The predicted octanol–water partition coefficient (Wildman–Crippen LogP) is 5.79. The maximum absolute atomic E-state index is 13.5. The molecule has 3 aromatic rings. The Balaban J connectivity index is 0.00000260. The largest absolute Gasteiger partial charge is 0.493 e. The third-order valence-corrected chi connectivity index (χ3v) is 8.93. The molecular formula is C24H33Br2ClN6O5S. The number of nitrogens with zero attached hydrogens (tertiary/aromatic N) is 5. The molecule has 0 spiro atoms. The summed E-state index contributed by atoms with van der Waals surface area (Å²) in [6, 6.07) is 1.77. The molecule has 1 aromatic carbocycles. The highest BCUT2D eigenvalue weighted by molar-refractivity contribution is 9.11. The quantitative estimate of drug-likeness (QED) is 0.232. The van der Waals surface area contributed by atoms with Crippen LogP contribution in [0.25, 0.3) is 5.69 Å². The number of anilines is 1. The Hall–Kier alpha value is -2.00. The molecule has 0 aliphatic rings. The van der Waals surface area contributed by atoms with Gasteiger partial charge in [-0.1, -0.05) is 32.4 Å². The van der Waals surface area contributed by atoms with Crippen LogP contribution in [0.3, 0.4) is 0 Å². The lowest BCUT2D eigenvalue weighted by molar-refractivity contribution is 0.194. The highest BCUT2D eigenvalue weighted by Crippen LogP contribution is 2.45. The first-order valence-electron chi connectivity index (χ1n) is 12.1. The van der Waals surface area contributed by atoms with Gasteiger partial charge in [-0.25, -0.2) is 18.4 Å². The number of sulfonamides is 1. The van der Waals surface area contributed by atoms with E-state index in [-0.39, 0.29) is 5.95 Å². The van der Waals surface area contributed by atoms with E-state index in [9.17, 15) is 8.42 Å². The van der Waals surface area contributed by atoms with Crippen molar-refractivity contribution in [1.82, 2.24) is 24.7 Å². The molecule has 2 unspecified atom stereocenters. The number of methoxy groups -OCH3 is 3. The fraction of sp³-hybridized carbons (Fsp3) is 0.500. The summed E-state index contributed by atoms with van der Waals surface area (Å²) in [6.07, 6.45) is 3.94. The van der Waals surface area contributed by atoms with E-state index >= 15 is 0 Å². The number of aryl methyl sites for hydroxylation is 1. The summed E-state index contributed by atoms with van der Waals surface area (Å²) in [7, 11) is 0.628. The number of aromatic nitrogens is 5. The van der Waals surface area contributed by atoms with Crippen molar-refractivity contribution in [3.8, 4) is 17.2 Å². The first kappa shape index (κ1) is 33.2. The summed E-state index contributed by atoms with van der Waals surface area (Å²) >= 11 is 12.9. The zero-order valence-electron chi connectivity index (χ0n) is 22.8. The van der Waals surface area contributed by atoms with Gasteiger partial charge >= 0.3 is 0 Å². The van der Waals surface area contributed by atoms with Gasteiger partial charge in [0.05, 0.1) is 33.4 Å². The summed E-state index contributed by atoms with van der Waals surface area (Å²) < 4.78 is 48.9. The van der Waals surface area contributed by atoms with Crippen LogP contribution < -0.4 is 14.2 Å². The van der Waals surface area contributed by atoms with Crippen LogP contribution in [-0.4, -0.2) is 66.3 Å². The fourth-order valence-electron chi connectivity index (χ4n) is 3.57. The average molecular weight is 713 g/mol. The zero-order chi connectivity index (χ0) is 29.3. The summed E-state index contributed by atoms with van der Waals surface area (Å²) in [6.45, 7) is 7.79. The smallest absolute Gasteiger partial charge is 0.243 e. The Morgan fingerprint density at radius 2 is 1.59 bits per heavy atom. The molecule has 2 heterocycles. The fourth-order valence-corrected chi connectivity index (χ4v) is 6.37. The minimum atomic E-state index is -3.99. The first-order valence-corrected chi connectivity index (χ1v) is 15.6. The number of benzene rings is 1. The third-order valence-electron chi connectivity index (χ3n) is 5.70. The number of nitrogens with one attached hydrogen (secondary N) is 1. The maximum atomic E-state index is 13.5. The molecule has 216 valence electrons. The molecule has 0 aliphatic heterocycles. The Labute approximate surface area is 251 Å². The lowest BCUT2D eigenvalue weighted by atomic mass is 10.1. The molecule has 0 radical (unpaired) electrons. The van der Waals surface area contributed by atoms with E-state index in [0.717, 1.165) is 0 Å². The molecule has 0 bridgehead atoms. The van der Waals surface area contributed by atoms with Gasteiger partial charge < -0.3 is 14.2 Å². The molecule has 0 saturated carbocycles. The van der Waals surface area contributed by atoms with Gasteiger partial charge in [0.25, 0.3) is 0 Å². The Morgan fingerprint density at radius 1 is 1.03 bits per heavy atom. The first-order chi connectivity index (χ1) is 18.5. The lowest BCUT2D eigenvalue weighted by Gasteiger charge is -2.22. The van der Waals surface area contributed by atoms with Crippen molar-refractivity contribution in [1.29, 1.82) is 0 Å². The minimum Gasteiger partial charge on any atom is -0.493 e. The Bertz CT molecular complexity index is 1310. The number of hydrogen-bond donors (Lipinski definition) is 1. The topological polar surface area (TPSA) is 130 Å². The van der Waals surface area contributed by atoms with Crippen molar-refractivity contribution in [3.63, 3.8) is 0 Å². The van der Waals surface area contributed by atoms with Crippen molar-refractivity contribution in [2.75, 3.05) is 32.7 Å². The molecule has 39 heavy (non-hydrogen) atoms. The van der Waals surface area contributed by atoms with Crippen molar-refractivity contribution >= 4 is 59.4 Å². The van der Waals surface area contributed by atoms with Crippen molar-refractivity contribution in [2.45, 2.75) is 51.7 Å². The molecule has 11 nitrogen and oxygen atoms in total. The summed E-state index contributed by atoms with van der Waals surface area (Å²) in [4.78, 5) is 8.34. The highest BCUT2D eigenvalue weighted by Gasteiger charge is 2.33. The van der Waals surface area contributed by atoms with E-state index in [1.54, 1.807) is 31.6 Å². The van der Waals surface area contributed by atoms with Crippen molar-refractivity contribution < 1.29 is 22.6 Å². The van der Waals surface area contributed by atoms with Gasteiger partial charge in [0, 0.05) is 38.4 Å².